The minimum Gasteiger partial charge on any atom is -0.460 e. The highest BCUT2D eigenvalue weighted by Crippen LogP contribution is 2.25. The number of esters is 1. The zero-order valence-electron chi connectivity index (χ0n) is 22.7. The standard InChI is InChI=1S/C27H31N5O9S/c33-25(40-17-19-2-6-21(7-3-19)31(36)37)16-28-10-1-11-29(13-12-28)26(34)24-14-23(42)15-30(24)27(35)41-18-20-4-8-22(9-5-20)32(38)39/h2-9,23-24,42H,1,10-18H2/t23-,24-/m0/s1. The van der Waals surface area contributed by atoms with Gasteiger partial charge in [0.2, 0.25) is 5.91 Å². The number of nitro benzene ring substituents is 2. The molecule has 2 heterocycles. The third kappa shape index (κ3) is 8.16. The lowest BCUT2D eigenvalue weighted by Gasteiger charge is -2.29. The average molecular weight is 602 g/mol. The molecule has 2 aromatic carbocycles. The van der Waals surface area contributed by atoms with Crippen LogP contribution >= 0.6 is 12.6 Å². The van der Waals surface area contributed by atoms with Gasteiger partial charge in [-0.1, -0.05) is 0 Å². The van der Waals surface area contributed by atoms with Gasteiger partial charge in [-0.2, -0.15) is 12.6 Å². The maximum absolute atomic E-state index is 13.5. The van der Waals surface area contributed by atoms with Gasteiger partial charge in [-0.15, -0.1) is 0 Å². The molecule has 0 aromatic heterocycles. The summed E-state index contributed by atoms with van der Waals surface area (Å²) in [4.78, 5) is 64.3. The summed E-state index contributed by atoms with van der Waals surface area (Å²) in [5.74, 6) is -0.648. The molecule has 2 saturated heterocycles. The molecule has 15 heteroatoms. The van der Waals surface area contributed by atoms with E-state index in [1.807, 2.05) is 4.90 Å². The van der Waals surface area contributed by atoms with Gasteiger partial charge in [0.15, 0.2) is 0 Å². The van der Waals surface area contributed by atoms with Crippen LogP contribution in [0.4, 0.5) is 16.2 Å². The Labute approximate surface area is 246 Å². The molecule has 2 amide bonds. The van der Waals surface area contributed by atoms with Gasteiger partial charge >= 0.3 is 12.1 Å². The largest absolute Gasteiger partial charge is 0.460 e. The normalized spacial score (nSPS) is 19.2. The van der Waals surface area contributed by atoms with Crippen molar-refractivity contribution in [2.75, 3.05) is 39.3 Å². The highest BCUT2D eigenvalue weighted by molar-refractivity contribution is 7.81. The summed E-state index contributed by atoms with van der Waals surface area (Å²) in [6.45, 7) is 2.05. The quantitative estimate of drug-likeness (QED) is 0.195. The van der Waals surface area contributed by atoms with E-state index in [1.54, 1.807) is 4.90 Å². The number of carbonyl (C=O) groups excluding carboxylic acids is 3. The molecule has 224 valence electrons. The van der Waals surface area contributed by atoms with Crippen LogP contribution in [0.15, 0.2) is 48.5 Å². The van der Waals surface area contributed by atoms with Crippen molar-refractivity contribution in [3.8, 4) is 0 Å². The summed E-state index contributed by atoms with van der Waals surface area (Å²) in [6.07, 6.45) is 0.350. The van der Waals surface area contributed by atoms with E-state index < -0.39 is 28.0 Å². The summed E-state index contributed by atoms with van der Waals surface area (Å²) in [5, 5.41) is 21.4. The van der Waals surface area contributed by atoms with E-state index in [-0.39, 0.29) is 48.8 Å². The van der Waals surface area contributed by atoms with Crippen molar-refractivity contribution in [3.63, 3.8) is 0 Å². The number of rotatable bonds is 9. The first kappa shape index (κ1) is 30.7. The zero-order valence-corrected chi connectivity index (χ0v) is 23.6. The van der Waals surface area contributed by atoms with Gasteiger partial charge in [0.1, 0.15) is 19.3 Å². The second-order valence-corrected chi connectivity index (χ2v) is 10.8. The van der Waals surface area contributed by atoms with Crippen molar-refractivity contribution in [1.29, 1.82) is 0 Å². The summed E-state index contributed by atoms with van der Waals surface area (Å²) in [7, 11) is 0. The Morgan fingerprint density at radius 1 is 0.833 bits per heavy atom. The first-order valence-corrected chi connectivity index (χ1v) is 13.9. The number of ether oxygens (including phenoxy) is 2. The summed E-state index contributed by atoms with van der Waals surface area (Å²) < 4.78 is 10.7. The van der Waals surface area contributed by atoms with Crippen molar-refractivity contribution in [2.24, 2.45) is 0 Å². The Hall–Kier alpha value is -4.24. The minimum atomic E-state index is -0.727. The number of amides is 2. The van der Waals surface area contributed by atoms with Crippen LogP contribution < -0.4 is 0 Å². The molecule has 2 aliphatic heterocycles. The molecule has 14 nitrogen and oxygen atoms in total. The highest BCUT2D eigenvalue weighted by Gasteiger charge is 2.41. The lowest BCUT2D eigenvalue weighted by Crippen LogP contribution is -2.49. The first-order chi connectivity index (χ1) is 20.1. The lowest BCUT2D eigenvalue weighted by molar-refractivity contribution is -0.385. The van der Waals surface area contributed by atoms with Gasteiger partial charge in [0.25, 0.3) is 11.4 Å². The van der Waals surface area contributed by atoms with E-state index in [2.05, 4.69) is 12.6 Å². The maximum Gasteiger partial charge on any atom is 0.410 e. The molecular weight excluding hydrogens is 570 g/mol. The molecule has 0 saturated carbocycles. The van der Waals surface area contributed by atoms with Crippen LogP contribution in [0.3, 0.4) is 0 Å². The van der Waals surface area contributed by atoms with E-state index in [4.69, 9.17) is 9.47 Å². The number of nitro groups is 2. The van der Waals surface area contributed by atoms with E-state index in [9.17, 15) is 34.6 Å². The molecule has 0 aliphatic carbocycles. The maximum atomic E-state index is 13.5. The molecule has 2 fully saturated rings. The molecule has 0 N–H and O–H groups in total. The molecule has 0 spiro atoms. The van der Waals surface area contributed by atoms with Gasteiger partial charge in [0.05, 0.1) is 16.4 Å². The SMILES string of the molecule is O=C(CN1CCCN(C(=O)[C@@H]2C[C@H](S)CN2C(=O)OCc2ccc([N+](=O)[O-])cc2)CC1)OCc1ccc([N+](=O)[O-])cc1. The third-order valence-electron chi connectivity index (χ3n) is 7.11. The van der Waals surface area contributed by atoms with Gasteiger partial charge in [-0.3, -0.25) is 39.6 Å². The number of non-ortho nitro benzene ring substituents is 2. The number of hydrogen-bond acceptors (Lipinski definition) is 11. The number of thiol groups is 1. The van der Waals surface area contributed by atoms with E-state index in [0.29, 0.717) is 50.1 Å². The second-order valence-electron chi connectivity index (χ2n) is 10.1. The van der Waals surface area contributed by atoms with Crippen LogP contribution in [-0.2, 0) is 32.3 Å². The molecule has 4 rings (SSSR count). The lowest BCUT2D eigenvalue weighted by atomic mass is 10.2. The summed E-state index contributed by atoms with van der Waals surface area (Å²) >= 11 is 4.49. The molecule has 42 heavy (non-hydrogen) atoms. The van der Waals surface area contributed by atoms with Crippen LogP contribution in [0.5, 0.6) is 0 Å². The monoisotopic (exact) mass is 601 g/mol. The van der Waals surface area contributed by atoms with E-state index in [0.717, 1.165) is 0 Å². The van der Waals surface area contributed by atoms with Crippen LogP contribution in [0.2, 0.25) is 0 Å². The van der Waals surface area contributed by atoms with Crippen molar-refractivity contribution in [2.45, 2.75) is 37.3 Å². The Morgan fingerprint density at radius 3 is 1.98 bits per heavy atom. The predicted octanol–water partition coefficient (Wildman–Crippen LogP) is 2.79. The molecule has 2 aliphatic rings. The van der Waals surface area contributed by atoms with Gasteiger partial charge in [-0.05, 0) is 48.2 Å². The fourth-order valence-corrected chi connectivity index (χ4v) is 5.23. The topological polar surface area (TPSA) is 166 Å². The fourth-order valence-electron chi connectivity index (χ4n) is 4.86. The molecule has 2 aromatic rings. The van der Waals surface area contributed by atoms with Crippen molar-refractivity contribution in [3.05, 3.63) is 79.9 Å². The molecule has 0 unspecified atom stereocenters. The zero-order chi connectivity index (χ0) is 30.2. The van der Waals surface area contributed by atoms with Crippen molar-refractivity contribution in [1.82, 2.24) is 14.7 Å². The van der Waals surface area contributed by atoms with E-state index in [1.165, 1.54) is 53.4 Å². The van der Waals surface area contributed by atoms with Crippen LogP contribution in [-0.4, -0.2) is 93.1 Å². The number of likely N-dealkylation sites (tertiary alicyclic amines) is 1. The smallest absolute Gasteiger partial charge is 0.410 e. The Morgan fingerprint density at radius 2 is 1.40 bits per heavy atom. The Bertz CT molecular complexity index is 1310. The Kier molecular flexibility index (Phi) is 10.3. The molecule has 0 radical (unpaired) electrons. The number of hydrogen-bond donors (Lipinski definition) is 1. The van der Waals surface area contributed by atoms with Gasteiger partial charge < -0.3 is 14.4 Å². The third-order valence-corrected chi connectivity index (χ3v) is 7.48. The fraction of sp³-hybridized carbons (Fsp3) is 0.444. The molecule has 2 atom stereocenters. The van der Waals surface area contributed by atoms with Crippen molar-refractivity contribution >= 4 is 42.0 Å². The highest BCUT2D eigenvalue weighted by atomic mass is 32.1. The number of benzene rings is 2. The van der Waals surface area contributed by atoms with Gasteiger partial charge in [0, 0.05) is 62.2 Å². The molecular formula is C27H31N5O9S. The summed E-state index contributed by atoms with van der Waals surface area (Å²) in [5.41, 5.74) is 1.11. The second kappa shape index (κ2) is 14.1. The summed E-state index contributed by atoms with van der Waals surface area (Å²) in [6, 6.07) is 10.7. The van der Waals surface area contributed by atoms with Crippen LogP contribution in [0.25, 0.3) is 0 Å². The Balaban J connectivity index is 1.25. The van der Waals surface area contributed by atoms with Crippen molar-refractivity contribution < 1.29 is 33.7 Å². The minimum absolute atomic E-state index is 0.00200. The number of nitrogens with zero attached hydrogens (tertiary/aromatic N) is 5. The average Bonchev–Trinajstić information content (AvgIpc) is 3.22. The van der Waals surface area contributed by atoms with E-state index >= 15 is 0 Å². The molecule has 0 bridgehead atoms. The predicted molar refractivity (Wildman–Crippen MR) is 152 cm³/mol. The van der Waals surface area contributed by atoms with Crippen LogP contribution in [0.1, 0.15) is 24.0 Å². The van der Waals surface area contributed by atoms with Crippen LogP contribution in [0, 0.1) is 20.2 Å². The number of carbonyl (C=O) groups is 3. The first-order valence-electron chi connectivity index (χ1n) is 13.4. The van der Waals surface area contributed by atoms with Gasteiger partial charge in [-0.25, -0.2) is 4.79 Å².